The molecule has 3 aromatic rings. The second-order valence-electron chi connectivity index (χ2n) is 10.6. The number of imidazole rings is 1. The molecule has 3 heterocycles. The van der Waals surface area contributed by atoms with Gasteiger partial charge in [-0.05, 0) is 24.1 Å². The summed E-state index contributed by atoms with van der Waals surface area (Å²) in [6.45, 7) is 3.20. The van der Waals surface area contributed by atoms with E-state index in [1.165, 1.54) is 10.7 Å². The van der Waals surface area contributed by atoms with Gasteiger partial charge < -0.3 is 15.0 Å². The average Bonchev–Trinajstić information content (AvgIpc) is 3.53. The molecule has 1 amide bonds. The van der Waals surface area contributed by atoms with Gasteiger partial charge in [0.2, 0.25) is 21.9 Å². The Labute approximate surface area is 263 Å². The van der Waals surface area contributed by atoms with Crippen LogP contribution in [-0.2, 0) is 21.4 Å². The highest BCUT2D eigenvalue weighted by Gasteiger charge is 2.35. The normalized spacial score (nSPS) is 15.9. The smallest absolute Gasteiger partial charge is 0.238 e. The van der Waals surface area contributed by atoms with Gasteiger partial charge in [0, 0.05) is 51.1 Å². The Morgan fingerprint density at radius 1 is 1.09 bits per heavy atom. The molecule has 0 bridgehead atoms. The van der Waals surface area contributed by atoms with Crippen LogP contribution < -0.4 is 15.0 Å². The summed E-state index contributed by atoms with van der Waals surface area (Å²) in [6.07, 6.45) is 10.9. The number of aromatic nitrogens is 4. The van der Waals surface area contributed by atoms with E-state index in [4.69, 9.17) is 27.9 Å². The number of hydrogen-bond donors (Lipinski definition) is 1. The molecule has 43 heavy (non-hydrogen) atoms. The van der Waals surface area contributed by atoms with Crippen molar-refractivity contribution in [2.45, 2.75) is 64.5 Å². The first kappa shape index (κ1) is 33.0. The molecule has 2 aromatic heterocycles. The van der Waals surface area contributed by atoms with Crippen LogP contribution in [0.2, 0.25) is 10.2 Å². The Morgan fingerprint density at radius 2 is 1.88 bits per heavy atom. The first-order valence-electron chi connectivity index (χ1n) is 14.6. The first-order valence-corrected chi connectivity index (χ1v) is 16.9. The Bertz CT molecular complexity index is 1460. The number of halogens is 2. The van der Waals surface area contributed by atoms with E-state index in [2.05, 4.69) is 27.2 Å². The molecular formula is C29H39Cl2N7O4S. The fourth-order valence-electron chi connectivity index (χ4n) is 5.09. The highest BCUT2D eigenvalue weighted by Crippen LogP contribution is 2.27. The average molecular weight is 653 g/mol. The highest BCUT2D eigenvalue weighted by atomic mass is 35.5. The minimum absolute atomic E-state index is 0.0506. The number of nitrogens with zero attached hydrogens (tertiary/aromatic N) is 6. The summed E-state index contributed by atoms with van der Waals surface area (Å²) < 4.78 is 35.0. The number of benzene rings is 1. The van der Waals surface area contributed by atoms with Crippen molar-refractivity contribution in [1.29, 1.82) is 0 Å². The largest absolute Gasteiger partial charge is 0.495 e. The lowest BCUT2D eigenvalue weighted by Gasteiger charge is -2.41. The predicted octanol–water partition coefficient (Wildman–Crippen LogP) is 4.87. The Morgan fingerprint density at radius 3 is 2.60 bits per heavy atom. The van der Waals surface area contributed by atoms with Crippen LogP contribution in [0.15, 0.2) is 43.0 Å². The van der Waals surface area contributed by atoms with Crippen molar-refractivity contribution in [1.82, 2.24) is 29.1 Å². The molecule has 14 heteroatoms. The zero-order valence-corrected chi connectivity index (χ0v) is 26.9. The van der Waals surface area contributed by atoms with E-state index >= 15 is 0 Å². The first-order chi connectivity index (χ1) is 20.7. The van der Waals surface area contributed by atoms with Gasteiger partial charge >= 0.3 is 0 Å². The fourth-order valence-corrected chi connectivity index (χ4v) is 7.13. The minimum atomic E-state index is -3.49. The lowest BCUT2D eigenvalue weighted by Crippen LogP contribution is -2.56. The van der Waals surface area contributed by atoms with Crippen LogP contribution in [0.5, 0.6) is 5.75 Å². The molecule has 1 N–H and O–H groups in total. The number of piperazine rings is 1. The van der Waals surface area contributed by atoms with E-state index in [1.807, 2.05) is 11.0 Å². The summed E-state index contributed by atoms with van der Waals surface area (Å²) in [6, 6.07) is 6.47. The van der Waals surface area contributed by atoms with Gasteiger partial charge in [-0.25, -0.2) is 18.4 Å². The number of carbonyl (C=O) groups excluding carboxylic acids is 1. The van der Waals surface area contributed by atoms with E-state index in [1.54, 1.807) is 48.6 Å². The topological polar surface area (TPSA) is 123 Å². The van der Waals surface area contributed by atoms with Crippen molar-refractivity contribution >= 4 is 45.0 Å². The molecule has 0 radical (unpaired) electrons. The summed E-state index contributed by atoms with van der Waals surface area (Å²) in [4.78, 5) is 28.2. The summed E-state index contributed by atoms with van der Waals surface area (Å²) >= 11 is 12.6. The Balaban J connectivity index is 1.49. The van der Waals surface area contributed by atoms with Crippen LogP contribution in [0.4, 0.5) is 5.82 Å². The van der Waals surface area contributed by atoms with Gasteiger partial charge in [0.25, 0.3) is 0 Å². The number of amides is 1. The monoisotopic (exact) mass is 651 g/mol. The predicted molar refractivity (Wildman–Crippen MR) is 169 cm³/mol. The van der Waals surface area contributed by atoms with E-state index in [0.29, 0.717) is 35.5 Å². The van der Waals surface area contributed by atoms with Crippen molar-refractivity contribution in [2.75, 3.05) is 37.4 Å². The van der Waals surface area contributed by atoms with Gasteiger partial charge in [-0.3, -0.25) is 9.36 Å². The number of hydrogen-bond acceptors (Lipinski definition) is 8. The zero-order chi connectivity index (χ0) is 30.8. The molecule has 1 fully saturated rings. The van der Waals surface area contributed by atoms with Gasteiger partial charge in [-0.15, -0.1) is 0 Å². The second-order valence-corrected chi connectivity index (χ2v) is 13.4. The molecule has 1 saturated heterocycles. The molecule has 234 valence electrons. The van der Waals surface area contributed by atoms with E-state index in [-0.39, 0.29) is 42.9 Å². The van der Waals surface area contributed by atoms with E-state index < -0.39 is 16.1 Å². The number of rotatable bonds is 15. The van der Waals surface area contributed by atoms with Gasteiger partial charge in [-0.1, -0.05) is 68.3 Å². The van der Waals surface area contributed by atoms with E-state index in [0.717, 1.165) is 31.2 Å². The molecule has 11 nitrogen and oxygen atoms in total. The van der Waals surface area contributed by atoms with Gasteiger partial charge in [0.05, 0.1) is 23.9 Å². The van der Waals surface area contributed by atoms with Crippen molar-refractivity contribution in [3.05, 3.63) is 58.7 Å². The van der Waals surface area contributed by atoms with Gasteiger partial charge in [-0.2, -0.15) is 9.29 Å². The molecule has 1 aromatic carbocycles. The Kier molecular flexibility index (Phi) is 12.0. The van der Waals surface area contributed by atoms with Crippen LogP contribution in [0.25, 0.3) is 5.95 Å². The maximum absolute atomic E-state index is 13.3. The second kappa shape index (κ2) is 15.7. The van der Waals surface area contributed by atoms with E-state index in [9.17, 15) is 13.2 Å². The van der Waals surface area contributed by atoms with Crippen molar-refractivity contribution < 1.29 is 17.9 Å². The SMILES string of the molecule is CCCCCCCCS(=O)(=O)N1CCN(c2cc(Cl)nc(-n3ccnc3)n2)C(CC(=O)NCc2ccc(OC)c(Cl)c2)C1. The number of nitrogens with one attached hydrogen (secondary N) is 1. The Hall–Kier alpha value is -2.93. The summed E-state index contributed by atoms with van der Waals surface area (Å²) in [7, 11) is -1.95. The fraction of sp³-hybridized carbons (Fsp3) is 0.517. The van der Waals surface area contributed by atoms with Crippen LogP contribution in [0, 0.1) is 0 Å². The number of methoxy groups -OCH3 is 1. The van der Waals surface area contributed by atoms with Crippen molar-refractivity contribution in [3.63, 3.8) is 0 Å². The van der Waals surface area contributed by atoms with Crippen LogP contribution >= 0.6 is 23.2 Å². The molecule has 1 unspecified atom stereocenters. The van der Waals surface area contributed by atoms with Gasteiger partial charge in [0.15, 0.2) is 0 Å². The summed E-state index contributed by atoms with van der Waals surface area (Å²) in [5, 5.41) is 3.62. The van der Waals surface area contributed by atoms with Crippen LogP contribution in [0.1, 0.15) is 57.4 Å². The molecule has 0 saturated carbocycles. The van der Waals surface area contributed by atoms with Crippen LogP contribution in [0.3, 0.4) is 0 Å². The molecule has 4 rings (SSSR count). The van der Waals surface area contributed by atoms with Crippen LogP contribution in [-0.4, -0.2) is 76.7 Å². The molecule has 1 atom stereocenters. The molecule has 0 spiro atoms. The van der Waals surface area contributed by atoms with Crippen molar-refractivity contribution in [3.8, 4) is 11.7 Å². The highest BCUT2D eigenvalue weighted by molar-refractivity contribution is 7.89. The number of unbranched alkanes of at least 4 members (excludes halogenated alkanes) is 5. The lowest BCUT2D eigenvalue weighted by atomic mass is 10.1. The summed E-state index contributed by atoms with van der Waals surface area (Å²) in [5.74, 6) is 1.26. The maximum atomic E-state index is 13.3. The quantitative estimate of drug-likeness (QED) is 0.183. The lowest BCUT2D eigenvalue weighted by molar-refractivity contribution is -0.121. The molecule has 1 aliphatic heterocycles. The van der Waals surface area contributed by atoms with Gasteiger partial charge in [0.1, 0.15) is 23.0 Å². The molecule has 0 aliphatic carbocycles. The third-order valence-electron chi connectivity index (χ3n) is 7.42. The zero-order valence-electron chi connectivity index (χ0n) is 24.6. The number of carbonyl (C=O) groups is 1. The molecule has 1 aliphatic rings. The number of ether oxygens (including phenoxy) is 1. The third-order valence-corrected chi connectivity index (χ3v) is 9.83. The van der Waals surface area contributed by atoms with Crippen molar-refractivity contribution in [2.24, 2.45) is 0 Å². The molecular weight excluding hydrogens is 613 g/mol. The minimum Gasteiger partial charge on any atom is -0.495 e. The summed E-state index contributed by atoms with van der Waals surface area (Å²) in [5.41, 5.74) is 0.815. The number of sulfonamides is 1. The number of anilines is 1. The standard InChI is InChI=1S/C29H39Cl2N7O4S/c1-3-4-5-6-7-8-15-43(40,41)37-13-14-38(27-18-26(31)34-29(35-27)36-12-11-32-21-36)23(20-37)17-28(39)33-19-22-9-10-25(42-2)24(30)16-22/h9-12,16,18,21,23H,3-8,13-15,17,19-20H2,1-2H3,(H,33,39). The maximum Gasteiger partial charge on any atom is 0.238 e. The third kappa shape index (κ3) is 9.28.